The lowest BCUT2D eigenvalue weighted by Gasteiger charge is -2.03. The molecular weight excluding hydrogens is 344 g/mol. The van der Waals surface area contributed by atoms with Crippen molar-refractivity contribution >= 4 is 23.9 Å². The van der Waals surface area contributed by atoms with Crippen LogP contribution in [0.25, 0.3) is 0 Å². The first kappa shape index (κ1) is 20.4. The third-order valence-corrected chi connectivity index (χ3v) is 3.50. The van der Waals surface area contributed by atoms with Gasteiger partial charge in [0.1, 0.15) is 0 Å². The van der Waals surface area contributed by atoms with Crippen molar-refractivity contribution in [2.45, 2.75) is 13.8 Å². The Labute approximate surface area is 148 Å². The Morgan fingerprint density at radius 2 is 1.12 bits per heavy atom. The minimum atomic E-state index is -1.11. The molecule has 26 heavy (non-hydrogen) atoms. The van der Waals surface area contributed by atoms with E-state index in [-0.39, 0.29) is 27.8 Å². The van der Waals surface area contributed by atoms with Crippen molar-refractivity contribution in [2.24, 2.45) is 0 Å². The van der Waals surface area contributed by atoms with Gasteiger partial charge in [0.05, 0.1) is 22.3 Å². The third kappa shape index (κ3) is 4.91. The van der Waals surface area contributed by atoms with Crippen molar-refractivity contribution < 1.29 is 39.6 Å². The summed E-state index contributed by atoms with van der Waals surface area (Å²) in [4.78, 5) is 42.2. The van der Waals surface area contributed by atoms with E-state index >= 15 is 0 Å². The number of benzene rings is 2. The predicted octanol–water partition coefficient (Wildman–Crippen LogP) is 2.78. The Morgan fingerprint density at radius 1 is 0.654 bits per heavy atom. The van der Waals surface area contributed by atoms with E-state index in [0.29, 0.717) is 5.56 Å². The molecule has 0 saturated carbocycles. The van der Waals surface area contributed by atoms with Crippen LogP contribution in [0.5, 0.6) is 0 Å². The number of carboxylic acid groups (broad SMARTS) is 4. The van der Waals surface area contributed by atoms with Gasteiger partial charge in [-0.1, -0.05) is 6.07 Å². The van der Waals surface area contributed by atoms with Crippen molar-refractivity contribution in [3.8, 4) is 0 Å². The lowest BCUT2D eigenvalue weighted by atomic mass is 10.0. The molecule has 0 bridgehead atoms. The fourth-order valence-electron chi connectivity index (χ4n) is 2.14. The molecule has 2 aromatic rings. The Kier molecular flexibility index (Phi) is 6.60. The second-order valence-corrected chi connectivity index (χ2v) is 5.23. The lowest BCUT2D eigenvalue weighted by molar-refractivity contribution is 0.0680. The molecule has 0 aromatic heterocycles. The molecule has 136 valence electrons. The van der Waals surface area contributed by atoms with Crippen LogP contribution < -0.4 is 0 Å². The first-order valence-electron chi connectivity index (χ1n) is 7.19. The number of carboxylic acids is 4. The van der Waals surface area contributed by atoms with Crippen LogP contribution in [0.4, 0.5) is 0 Å². The maximum Gasteiger partial charge on any atom is 0.335 e. The first-order chi connectivity index (χ1) is 12.1. The molecule has 8 heteroatoms. The predicted molar refractivity (Wildman–Crippen MR) is 90.2 cm³/mol. The van der Waals surface area contributed by atoms with Crippen LogP contribution in [0.1, 0.15) is 52.6 Å². The lowest BCUT2D eigenvalue weighted by Crippen LogP contribution is -2.06. The van der Waals surface area contributed by atoms with Gasteiger partial charge < -0.3 is 20.4 Å². The maximum atomic E-state index is 10.6. The van der Waals surface area contributed by atoms with E-state index in [0.717, 1.165) is 0 Å². The molecule has 4 N–H and O–H groups in total. The van der Waals surface area contributed by atoms with Gasteiger partial charge in [0.2, 0.25) is 0 Å². The summed E-state index contributed by atoms with van der Waals surface area (Å²) < 4.78 is 0. The third-order valence-electron chi connectivity index (χ3n) is 3.50. The number of hydrogen-bond donors (Lipinski definition) is 4. The Balaban J connectivity index is 0.000000260. The number of rotatable bonds is 4. The monoisotopic (exact) mass is 360 g/mol. The zero-order valence-corrected chi connectivity index (χ0v) is 13.9. The zero-order chi connectivity index (χ0) is 20.0. The Morgan fingerprint density at radius 3 is 1.46 bits per heavy atom. The second kappa shape index (κ2) is 8.43. The highest BCUT2D eigenvalue weighted by atomic mass is 16.4. The van der Waals surface area contributed by atoms with E-state index in [1.165, 1.54) is 43.3 Å². The summed E-state index contributed by atoms with van der Waals surface area (Å²) in [6.45, 7) is 3.04. The largest absolute Gasteiger partial charge is 0.478 e. The molecule has 0 spiro atoms. The summed E-state index contributed by atoms with van der Waals surface area (Å²) >= 11 is 0. The molecule has 8 nitrogen and oxygen atoms in total. The van der Waals surface area contributed by atoms with E-state index in [2.05, 4.69) is 0 Å². The highest BCUT2D eigenvalue weighted by molar-refractivity contribution is 5.96. The van der Waals surface area contributed by atoms with Crippen molar-refractivity contribution in [1.82, 2.24) is 0 Å². The van der Waals surface area contributed by atoms with Crippen LogP contribution in [-0.2, 0) is 0 Å². The van der Waals surface area contributed by atoms with E-state index in [1.54, 1.807) is 6.92 Å². The van der Waals surface area contributed by atoms with Gasteiger partial charge in [-0.2, -0.15) is 0 Å². The fourth-order valence-corrected chi connectivity index (χ4v) is 2.14. The smallest absolute Gasteiger partial charge is 0.335 e. The SMILES string of the molecule is Cc1c(C(=O)O)cccc1C(=O)O.Cc1cc(C(=O)O)ccc1C(=O)O. The molecule has 0 amide bonds. The van der Waals surface area contributed by atoms with E-state index in [1.807, 2.05) is 0 Å². The number of carbonyl (C=O) groups is 4. The van der Waals surface area contributed by atoms with Gasteiger partial charge in [-0.3, -0.25) is 0 Å². The minimum Gasteiger partial charge on any atom is -0.478 e. The number of aromatic carboxylic acids is 4. The zero-order valence-electron chi connectivity index (χ0n) is 13.9. The van der Waals surface area contributed by atoms with Gasteiger partial charge in [-0.15, -0.1) is 0 Å². The van der Waals surface area contributed by atoms with E-state index < -0.39 is 23.9 Å². The van der Waals surface area contributed by atoms with E-state index in [4.69, 9.17) is 20.4 Å². The molecule has 0 aliphatic carbocycles. The molecule has 0 saturated heterocycles. The quantitative estimate of drug-likeness (QED) is 0.650. The van der Waals surface area contributed by atoms with E-state index in [9.17, 15) is 19.2 Å². The summed E-state index contributed by atoms with van der Waals surface area (Å²) in [6.07, 6.45) is 0. The van der Waals surface area contributed by atoms with Crippen molar-refractivity contribution in [1.29, 1.82) is 0 Å². The first-order valence-corrected chi connectivity index (χ1v) is 7.19. The molecule has 0 fully saturated rings. The molecule has 0 unspecified atom stereocenters. The van der Waals surface area contributed by atoms with Gasteiger partial charge in [0, 0.05) is 0 Å². The van der Waals surface area contributed by atoms with Crippen LogP contribution in [0.3, 0.4) is 0 Å². The second-order valence-electron chi connectivity index (χ2n) is 5.23. The summed E-state index contributed by atoms with van der Waals surface area (Å²) in [6, 6.07) is 8.08. The molecule has 2 aromatic carbocycles. The normalized spacial score (nSPS) is 9.62. The molecular formula is C18H16O8. The average molecular weight is 360 g/mol. The van der Waals surface area contributed by atoms with Crippen LogP contribution >= 0.6 is 0 Å². The van der Waals surface area contributed by atoms with Crippen molar-refractivity contribution in [3.63, 3.8) is 0 Å². The standard InChI is InChI=1S/2C9H8O4/c1-5-4-6(8(10)11)2-3-7(5)9(12)13;1-5-6(8(10)11)3-2-4-7(5)9(12)13/h2*2-4H,1H3,(H,10,11)(H,12,13). The molecule has 0 aliphatic rings. The minimum absolute atomic E-state index is 0.0277. The van der Waals surface area contributed by atoms with Crippen LogP contribution in [-0.4, -0.2) is 44.3 Å². The topological polar surface area (TPSA) is 149 Å². The highest BCUT2D eigenvalue weighted by Crippen LogP contribution is 2.13. The van der Waals surface area contributed by atoms with Crippen molar-refractivity contribution in [3.05, 3.63) is 69.8 Å². The fraction of sp³-hybridized carbons (Fsp3) is 0.111. The summed E-state index contributed by atoms with van der Waals surface area (Å²) in [7, 11) is 0. The average Bonchev–Trinajstić information content (AvgIpc) is 2.54. The van der Waals surface area contributed by atoms with Crippen LogP contribution in [0.15, 0.2) is 36.4 Å². The summed E-state index contributed by atoms with van der Waals surface area (Å²) in [5.74, 6) is -4.32. The van der Waals surface area contributed by atoms with Gasteiger partial charge in [-0.05, 0) is 55.3 Å². The molecule has 0 heterocycles. The van der Waals surface area contributed by atoms with Gasteiger partial charge in [0.25, 0.3) is 0 Å². The molecule has 0 atom stereocenters. The number of aryl methyl sites for hydroxylation is 1. The Bertz CT molecular complexity index is 851. The summed E-state index contributed by atoms with van der Waals surface area (Å²) in [5, 5.41) is 34.6. The molecule has 0 radical (unpaired) electrons. The van der Waals surface area contributed by atoms with Crippen molar-refractivity contribution in [2.75, 3.05) is 0 Å². The van der Waals surface area contributed by atoms with Crippen LogP contribution in [0, 0.1) is 13.8 Å². The van der Waals surface area contributed by atoms with Gasteiger partial charge >= 0.3 is 23.9 Å². The molecule has 2 rings (SSSR count). The Hall–Kier alpha value is -3.68. The highest BCUT2D eigenvalue weighted by Gasteiger charge is 2.13. The summed E-state index contributed by atoms with van der Waals surface area (Å²) in [5.41, 5.74) is 1.02. The maximum absolute atomic E-state index is 10.6. The van der Waals surface area contributed by atoms with Gasteiger partial charge in [-0.25, -0.2) is 19.2 Å². The molecule has 0 aliphatic heterocycles. The van der Waals surface area contributed by atoms with Gasteiger partial charge in [0.15, 0.2) is 0 Å². The van der Waals surface area contributed by atoms with Crippen LogP contribution in [0.2, 0.25) is 0 Å². The number of hydrogen-bond acceptors (Lipinski definition) is 4.